The number of hydrogen-bond donors (Lipinski definition) is 0. The second-order valence-corrected chi connectivity index (χ2v) is 5.88. The van der Waals surface area contributed by atoms with Crippen molar-refractivity contribution >= 4 is 17.3 Å². The van der Waals surface area contributed by atoms with Crippen molar-refractivity contribution in [1.29, 1.82) is 0 Å². The van der Waals surface area contributed by atoms with Gasteiger partial charge in [-0.1, -0.05) is 29.8 Å². The second-order valence-electron chi connectivity index (χ2n) is 5.44. The summed E-state index contributed by atoms with van der Waals surface area (Å²) in [4.78, 5) is 4.70. The molecule has 0 spiro atoms. The lowest BCUT2D eigenvalue weighted by Gasteiger charge is -2.24. The molecule has 0 fully saturated rings. The van der Waals surface area contributed by atoms with Crippen LogP contribution >= 0.6 is 11.6 Å². The fourth-order valence-corrected chi connectivity index (χ4v) is 3.17. The fraction of sp³-hybridized carbons (Fsp3) is 0.278. The van der Waals surface area contributed by atoms with Crippen LogP contribution in [0.15, 0.2) is 41.4 Å². The Morgan fingerprint density at radius 3 is 2.52 bits per heavy atom. The first kappa shape index (κ1) is 14.2. The Balaban J connectivity index is 2.22. The Labute approximate surface area is 130 Å². The molecule has 0 saturated heterocycles. The fourth-order valence-electron chi connectivity index (χ4n) is 3.04. The Morgan fingerprint density at radius 1 is 1.14 bits per heavy atom. The summed E-state index contributed by atoms with van der Waals surface area (Å²) in [6.07, 6.45) is 0.932. The summed E-state index contributed by atoms with van der Waals surface area (Å²) in [7, 11) is 1.71. The van der Waals surface area contributed by atoms with Crippen molar-refractivity contribution in [2.75, 3.05) is 7.11 Å². The molecule has 3 rings (SSSR count). The second kappa shape index (κ2) is 5.53. The minimum atomic E-state index is 0.302. The highest BCUT2D eigenvalue weighted by molar-refractivity contribution is 6.30. The van der Waals surface area contributed by atoms with Crippen LogP contribution in [0.25, 0.3) is 11.1 Å². The summed E-state index contributed by atoms with van der Waals surface area (Å²) >= 11 is 6.00. The Hall–Kier alpha value is -1.80. The molecular weight excluding hydrogens is 282 g/mol. The monoisotopic (exact) mass is 299 g/mol. The highest BCUT2D eigenvalue weighted by Crippen LogP contribution is 2.36. The molecule has 0 radical (unpaired) electrons. The highest BCUT2D eigenvalue weighted by atomic mass is 35.5. The molecule has 2 aromatic carbocycles. The smallest absolute Gasteiger partial charge is 0.128 e. The summed E-state index contributed by atoms with van der Waals surface area (Å²) < 4.78 is 5.53. The summed E-state index contributed by atoms with van der Waals surface area (Å²) in [6, 6.07) is 12.5. The predicted octanol–water partition coefficient (Wildman–Crippen LogP) is 4.77. The Morgan fingerprint density at radius 2 is 1.86 bits per heavy atom. The molecule has 1 aliphatic heterocycles. The molecular formula is C18H18ClNO. The number of rotatable bonds is 2. The number of fused-ring (bicyclic) bond motifs is 1. The van der Waals surface area contributed by atoms with E-state index in [0.29, 0.717) is 6.04 Å². The maximum absolute atomic E-state index is 6.00. The maximum atomic E-state index is 6.00. The Bertz CT molecular complexity index is 704. The number of nitrogens with zero attached hydrogens (tertiary/aromatic N) is 1. The van der Waals surface area contributed by atoms with Crippen molar-refractivity contribution in [3.63, 3.8) is 0 Å². The van der Waals surface area contributed by atoms with Crippen LogP contribution in [0, 0.1) is 0 Å². The van der Waals surface area contributed by atoms with Crippen LogP contribution in [0.4, 0.5) is 0 Å². The van der Waals surface area contributed by atoms with Gasteiger partial charge in [-0.2, -0.15) is 0 Å². The molecule has 3 heteroatoms. The van der Waals surface area contributed by atoms with Gasteiger partial charge in [0.2, 0.25) is 0 Å². The first-order valence-electron chi connectivity index (χ1n) is 7.10. The van der Waals surface area contributed by atoms with Gasteiger partial charge in [0.1, 0.15) is 5.75 Å². The van der Waals surface area contributed by atoms with E-state index in [4.69, 9.17) is 21.3 Å². The van der Waals surface area contributed by atoms with E-state index < -0.39 is 0 Å². The zero-order chi connectivity index (χ0) is 15.0. The van der Waals surface area contributed by atoms with Crippen LogP contribution < -0.4 is 4.74 Å². The number of methoxy groups -OCH3 is 1. The summed E-state index contributed by atoms with van der Waals surface area (Å²) in [6.45, 7) is 4.21. The molecule has 0 aliphatic carbocycles. The van der Waals surface area contributed by atoms with E-state index in [9.17, 15) is 0 Å². The molecule has 0 unspecified atom stereocenters. The average molecular weight is 300 g/mol. The maximum Gasteiger partial charge on any atom is 0.128 e. The van der Waals surface area contributed by atoms with Crippen molar-refractivity contribution < 1.29 is 4.74 Å². The number of hydrogen-bond acceptors (Lipinski definition) is 2. The van der Waals surface area contributed by atoms with Crippen LogP contribution in [0.3, 0.4) is 0 Å². The molecule has 21 heavy (non-hydrogen) atoms. The molecule has 0 amide bonds. The largest absolute Gasteiger partial charge is 0.496 e. The van der Waals surface area contributed by atoms with Crippen LogP contribution in [0.5, 0.6) is 5.75 Å². The number of ether oxygens (including phenoxy) is 1. The molecule has 1 atom stereocenters. The third-order valence-corrected chi connectivity index (χ3v) is 4.18. The van der Waals surface area contributed by atoms with Crippen LogP contribution in [0.1, 0.15) is 25.0 Å². The van der Waals surface area contributed by atoms with Gasteiger partial charge in [0.05, 0.1) is 13.2 Å². The lowest BCUT2D eigenvalue weighted by Crippen LogP contribution is -2.18. The van der Waals surface area contributed by atoms with Crippen LogP contribution in [-0.4, -0.2) is 18.9 Å². The average Bonchev–Trinajstić information content (AvgIpc) is 2.47. The first-order chi connectivity index (χ1) is 10.1. The SMILES string of the molecule is COc1ccc(-c2ccc(Cl)cc2)c2c1C(C)=N[C@H](C)C2. The third-order valence-electron chi connectivity index (χ3n) is 3.93. The van der Waals surface area contributed by atoms with Gasteiger partial charge in [0.15, 0.2) is 0 Å². The van der Waals surface area contributed by atoms with E-state index in [1.807, 2.05) is 18.2 Å². The summed E-state index contributed by atoms with van der Waals surface area (Å²) in [5, 5.41) is 0.757. The zero-order valence-electron chi connectivity index (χ0n) is 12.5. The van der Waals surface area contributed by atoms with E-state index in [0.717, 1.165) is 28.5 Å². The van der Waals surface area contributed by atoms with E-state index in [1.165, 1.54) is 16.7 Å². The van der Waals surface area contributed by atoms with Crippen molar-refractivity contribution in [3.05, 3.63) is 52.5 Å². The van der Waals surface area contributed by atoms with Gasteiger partial charge in [-0.3, -0.25) is 4.99 Å². The van der Waals surface area contributed by atoms with Gasteiger partial charge in [0.25, 0.3) is 0 Å². The Kier molecular flexibility index (Phi) is 3.73. The normalized spacial score (nSPS) is 17.1. The van der Waals surface area contributed by atoms with Gasteiger partial charge in [-0.25, -0.2) is 0 Å². The quantitative estimate of drug-likeness (QED) is 0.783. The highest BCUT2D eigenvalue weighted by Gasteiger charge is 2.23. The minimum absolute atomic E-state index is 0.302. The molecule has 2 nitrogen and oxygen atoms in total. The van der Waals surface area contributed by atoms with Crippen molar-refractivity contribution in [2.24, 2.45) is 4.99 Å². The van der Waals surface area contributed by atoms with Crippen LogP contribution in [0.2, 0.25) is 5.02 Å². The summed E-state index contributed by atoms with van der Waals surface area (Å²) in [5.74, 6) is 0.899. The topological polar surface area (TPSA) is 21.6 Å². The van der Waals surface area contributed by atoms with Gasteiger partial charge >= 0.3 is 0 Å². The number of benzene rings is 2. The lowest BCUT2D eigenvalue weighted by atomic mass is 9.87. The molecule has 0 bridgehead atoms. The first-order valence-corrected chi connectivity index (χ1v) is 7.48. The van der Waals surface area contributed by atoms with Crippen LogP contribution in [-0.2, 0) is 6.42 Å². The van der Waals surface area contributed by atoms with Gasteiger partial charge in [-0.05, 0) is 55.2 Å². The molecule has 1 aliphatic rings. The standard InChI is InChI=1S/C18H18ClNO/c1-11-10-16-15(13-4-6-14(19)7-5-13)8-9-17(21-3)18(16)12(2)20-11/h4-9,11H,10H2,1-3H3/t11-/m1/s1. The van der Waals surface area contributed by atoms with E-state index in [2.05, 4.69) is 32.0 Å². The van der Waals surface area contributed by atoms with Gasteiger partial charge in [-0.15, -0.1) is 0 Å². The number of halogens is 1. The molecule has 0 saturated carbocycles. The molecule has 0 aromatic heterocycles. The van der Waals surface area contributed by atoms with Gasteiger partial charge < -0.3 is 4.74 Å². The van der Waals surface area contributed by atoms with E-state index >= 15 is 0 Å². The molecule has 108 valence electrons. The van der Waals surface area contributed by atoms with Crippen molar-refractivity contribution in [3.8, 4) is 16.9 Å². The van der Waals surface area contributed by atoms with E-state index in [1.54, 1.807) is 7.11 Å². The minimum Gasteiger partial charge on any atom is -0.496 e. The third kappa shape index (κ3) is 2.56. The predicted molar refractivity (Wildman–Crippen MR) is 88.8 cm³/mol. The summed E-state index contributed by atoms with van der Waals surface area (Å²) in [5.41, 5.74) is 5.93. The van der Waals surface area contributed by atoms with Gasteiger partial charge in [0, 0.05) is 16.3 Å². The van der Waals surface area contributed by atoms with Crippen molar-refractivity contribution in [2.45, 2.75) is 26.3 Å². The number of aliphatic imine (C=N–C) groups is 1. The molecule has 1 heterocycles. The molecule has 0 N–H and O–H groups in total. The zero-order valence-corrected chi connectivity index (χ0v) is 13.2. The molecule has 2 aromatic rings. The van der Waals surface area contributed by atoms with E-state index in [-0.39, 0.29) is 0 Å². The van der Waals surface area contributed by atoms with Crippen molar-refractivity contribution in [1.82, 2.24) is 0 Å². The lowest BCUT2D eigenvalue weighted by molar-refractivity contribution is 0.413.